The number of hydrogen-bond acceptors (Lipinski definition) is 6. The van der Waals surface area contributed by atoms with Gasteiger partial charge in [-0.25, -0.2) is 8.42 Å². The molecule has 0 saturated carbocycles. The molecule has 0 bridgehead atoms. The first-order valence-electron chi connectivity index (χ1n) is 11.1. The minimum Gasteiger partial charge on any atom is -0.497 e. The predicted octanol–water partition coefficient (Wildman–Crippen LogP) is 4.31. The second-order valence-corrected chi connectivity index (χ2v) is 11.9. The monoisotopic (exact) mass is 513 g/mol. The number of hydrazone groups is 1. The van der Waals surface area contributed by atoms with Crippen LogP contribution in [0, 0.1) is 6.92 Å². The van der Waals surface area contributed by atoms with E-state index < -0.39 is 26.1 Å². The van der Waals surface area contributed by atoms with Crippen molar-refractivity contribution in [3.05, 3.63) is 89.5 Å². The van der Waals surface area contributed by atoms with Crippen molar-refractivity contribution in [2.75, 3.05) is 17.6 Å². The van der Waals surface area contributed by atoms with Gasteiger partial charge in [0.25, 0.3) is 10.0 Å². The van der Waals surface area contributed by atoms with Crippen LogP contribution in [0.2, 0.25) is 0 Å². The summed E-state index contributed by atoms with van der Waals surface area (Å²) in [6.45, 7) is 3.32. The summed E-state index contributed by atoms with van der Waals surface area (Å²) in [7, 11) is -5.76. The van der Waals surface area contributed by atoms with Crippen LogP contribution < -0.4 is 9.46 Å². The van der Waals surface area contributed by atoms with Crippen molar-refractivity contribution in [2.45, 2.75) is 31.2 Å². The second-order valence-electron chi connectivity index (χ2n) is 8.17. The van der Waals surface area contributed by atoms with Crippen LogP contribution in [-0.4, -0.2) is 39.8 Å². The van der Waals surface area contributed by atoms with Gasteiger partial charge in [-0.3, -0.25) is 4.72 Å². The third kappa shape index (κ3) is 5.18. The van der Waals surface area contributed by atoms with Gasteiger partial charge < -0.3 is 4.74 Å². The summed E-state index contributed by atoms with van der Waals surface area (Å²) in [6.07, 6.45) is 0.359. The van der Waals surface area contributed by atoms with Crippen molar-refractivity contribution in [1.29, 1.82) is 0 Å². The Morgan fingerprint density at radius 3 is 2.23 bits per heavy atom. The van der Waals surface area contributed by atoms with Gasteiger partial charge in [0.05, 0.1) is 29.5 Å². The molecule has 1 unspecified atom stereocenters. The number of benzene rings is 3. The Kier molecular flexibility index (Phi) is 6.86. The molecule has 3 aromatic carbocycles. The summed E-state index contributed by atoms with van der Waals surface area (Å²) in [4.78, 5) is 0.202. The summed E-state index contributed by atoms with van der Waals surface area (Å²) in [5.41, 5.74) is 3.16. The molecule has 1 heterocycles. The van der Waals surface area contributed by atoms with Crippen LogP contribution in [-0.2, 0) is 20.0 Å². The van der Waals surface area contributed by atoms with Crippen LogP contribution in [0.25, 0.3) is 0 Å². The second kappa shape index (κ2) is 9.71. The molecule has 184 valence electrons. The molecule has 0 saturated heterocycles. The summed E-state index contributed by atoms with van der Waals surface area (Å²) in [5.74, 6) is 0.641. The van der Waals surface area contributed by atoms with Crippen LogP contribution in [0.3, 0.4) is 0 Å². The van der Waals surface area contributed by atoms with Crippen molar-refractivity contribution >= 4 is 31.4 Å². The number of anilines is 1. The molecule has 0 radical (unpaired) electrons. The smallest absolute Gasteiger partial charge is 0.279 e. The zero-order valence-corrected chi connectivity index (χ0v) is 21.3. The van der Waals surface area contributed by atoms with E-state index in [1.54, 1.807) is 81.6 Å². The minimum absolute atomic E-state index is 0.0310. The van der Waals surface area contributed by atoms with Gasteiger partial charge in [-0.1, -0.05) is 42.5 Å². The van der Waals surface area contributed by atoms with Gasteiger partial charge in [-0.05, 0) is 60.9 Å². The van der Waals surface area contributed by atoms with Gasteiger partial charge in [-0.15, -0.1) is 0 Å². The Morgan fingerprint density at radius 2 is 1.63 bits per heavy atom. The van der Waals surface area contributed by atoms with Gasteiger partial charge >= 0.3 is 0 Å². The number of sulfonamides is 2. The Labute approximate surface area is 206 Å². The highest BCUT2D eigenvalue weighted by molar-refractivity contribution is 7.92. The largest absolute Gasteiger partial charge is 0.497 e. The number of rotatable bonds is 8. The van der Waals surface area contributed by atoms with E-state index in [-0.39, 0.29) is 10.6 Å². The molecule has 1 aliphatic rings. The lowest BCUT2D eigenvalue weighted by Crippen LogP contribution is -2.27. The van der Waals surface area contributed by atoms with Crippen molar-refractivity contribution in [3.8, 4) is 5.75 Å². The maximum atomic E-state index is 13.7. The van der Waals surface area contributed by atoms with Gasteiger partial charge in [0.15, 0.2) is 0 Å². The van der Waals surface area contributed by atoms with E-state index in [9.17, 15) is 16.8 Å². The summed E-state index contributed by atoms with van der Waals surface area (Å²) in [5, 5.41) is 4.56. The molecule has 0 amide bonds. The highest BCUT2D eigenvalue weighted by atomic mass is 32.2. The van der Waals surface area contributed by atoms with Gasteiger partial charge in [-0.2, -0.15) is 17.9 Å². The zero-order valence-electron chi connectivity index (χ0n) is 19.7. The lowest BCUT2D eigenvalue weighted by atomic mass is 9.99. The lowest BCUT2D eigenvalue weighted by molar-refractivity contribution is 0.370. The minimum atomic E-state index is -3.94. The molecular weight excluding hydrogens is 486 g/mol. The van der Waals surface area contributed by atoms with Crippen LogP contribution >= 0.6 is 0 Å². The van der Waals surface area contributed by atoms with E-state index >= 15 is 0 Å². The van der Waals surface area contributed by atoms with E-state index in [0.29, 0.717) is 34.7 Å². The fourth-order valence-electron chi connectivity index (χ4n) is 3.89. The zero-order chi connectivity index (χ0) is 25.2. The number of nitrogens with zero attached hydrogens (tertiary/aromatic N) is 2. The average Bonchev–Trinajstić information content (AvgIpc) is 3.31. The van der Waals surface area contributed by atoms with Crippen molar-refractivity contribution in [3.63, 3.8) is 0 Å². The topological polar surface area (TPSA) is 105 Å². The summed E-state index contributed by atoms with van der Waals surface area (Å²) >= 11 is 0. The molecule has 0 aromatic heterocycles. The number of ether oxygens (including phenoxy) is 1. The normalized spacial score (nSPS) is 16.1. The van der Waals surface area contributed by atoms with E-state index in [4.69, 9.17) is 4.74 Å². The Bertz CT molecular complexity index is 1450. The predicted molar refractivity (Wildman–Crippen MR) is 137 cm³/mol. The molecular formula is C25H27N3O5S2. The molecule has 10 heteroatoms. The SMILES string of the molecule is CCS(=O)(=O)Nc1ccc(C2=NN(S(=O)(=O)c3ccccc3C)C(c3ccc(OC)cc3)C2)cc1. The Morgan fingerprint density at radius 1 is 0.971 bits per heavy atom. The van der Waals surface area contributed by atoms with Crippen LogP contribution in [0.1, 0.15) is 36.1 Å². The van der Waals surface area contributed by atoms with Gasteiger partial charge in [0.1, 0.15) is 5.75 Å². The Hall–Kier alpha value is -3.37. The summed E-state index contributed by atoms with van der Waals surface area (Å²) < 4.78 is 60.0. The maximum Gasteiger partial charge on any atom is 0.279 e. The summed E-state index contributed by atoms with van der Waals surface area (Å²) in [6, 6.07) is 20.3. The highest BCUT2D eigenvalue weighted by Gasteiger charge is 2.38. The number of methoxy groups -OCH3 is 1. The first kappa shape index (κ1) is 24.7. The van der Waals surface area contributed by atoms with Gasteiger partial charge in [0, 0.05) is 12.1 Å². The van der Waals surface area contributed by atoms with Crippen molar-refractivity contribution in [2.24, 2.45) is 5.10 Å². The molecule has 1 N–H and O–H groups in total. The molecule has 3 aromatic rings. The Balaban J connectivity index is 1.73. The first-order chi connectivity index (χ1) is 16.6. The van der Waals surface area contributed by atoms with Crippen molar-refractivity contribution < 1.29 is 21.6 Å². The van der Waals surface area contributed by atoms with Crippen LogP contribution in [0.15, 0.2) is 82.8 Å². The molecule has 4 rings (SSSR count). The molecule has 0 spiro atoms. The van der Waals surface area contributed by atoms with E-state index in [1.807, 2.05) is 12.1 Å². The van der Waals surface area contributed by atoms with Gasteiger partial charge in [0.2, 0.25) is 10.0 Å². The number of nitrogens with one attached hydrogen (secondary N) is 1. The van der Waals surface area contributed by atoms with Crippen LogP contribution in [0.5, 0.6) is 5.75 Å². The molecule has 8 nitrogen and oxygen atoms in total. The lowest BCUT2D eigenvalue weighted by Gasteiger charge is -2.24. The van der Waals surface area contributed by atoms with Crippen LogP contribution in [0.4, 0.5) is 5.69 Å². The van der Waals surface area contributed by atoms with E-state index in [2.05, 4.69) is 9.82 Å². The molecule has 35 heavy (non-hydrogen) atoms. The van der Waals surface area contributed by atoms with E-state index in [1.165, 1.54) is 4.41 Å². The number of aryl methyl sites for hydroxylation is 1. The first-order valence-corrected chi connectivity index (χ1v) is 14.2. The fraction of sp³-hybridized carbons (Fsp3) is 0.240. The molecule has 0 fully saturated rings. The third-order valence-corrected chi connectivity index (χ3v) is 9.01. The average molecular weight is 514 g/mol. The molecule has 1 atom stereocenters. The number of hydrogen-bond donors (Lipinski definition) is 1. The molecule has 1 aliphatic heterocycles. The third-order valence-electron chi connectivity index (χ3n) is 5.86. The highest BCUT2D eigenvalue weighted by Crippen LogP contribution is 2.38. The standard InChI is InChI=1S/C25H27N3O5S2/c1-4-34(29,30)27-21-13-9-19(10-14-21)23-17-24(20-11-15-22(33-3)16-12-20)28(26-23)35(31,32)25-8-6-5-7-18(25)2/h5-16,24,27H,4,17H2,1-3H3. The maximum absolute atomic E-state index is 13.7. The van der Waals surface area contributed by atoms with Crippen molar-refractivity contribution in [1.82, 2.24) is 4.41 Å². The quantitative estimate of drug-likeness (QED) is 0.483. The molecule has 0 aliphatic carbocycles. The van der Waals surface area contributed by atoms with E-state index in [0.717, 1.165) is 5.56 Å². The fourth-order valence-corrected chi connectivity index (χ4v) is 6.19.